The van der Waals surface area contributed by atoms with Gasteiger partial charge in [-0.15, -0.1) is 0 Å². The zero-order chi connectivity index (χ0) is 14.7. The fourth-order valence-electron chi connectivity index (χ4n) is 3.00. The number of hydrogen-bond acceptors (Lipinski definition) is 1. The molecule has 0 aliphatic heterocycles. The molecule has 1 heteroatoms. The van der Waals surface area contributed by atoms with Crippen molar-refractivity contribution in [3.05, 3.63) is 70.3 Å². The molecule has 1 atom stereocenters. The minimum Gasteiger partial charge on any atom is -0.302 e. The van der Waals surface area contributed by atoms with Crippen LogP contribution in [0, 0.1) is 20.8 Å². The van der Waals surface area contributed by atoms with Gasteiger partial charge >= 0.3 is 0 Å². The fraction of sp³-hybridized carbons (Fsp3) is 0.368. The van der Waals surface area contributed by atoms with E-state index in [1.54, 1.807) is 0 Å². The Hall–Kier alpha value is -1.60. The van der Waals surface area contributed by atoms with E-state index in [0.717, 1.165) is 6.42 Å². The van der Waals surface area contributed by atoms with E-state index in [1.807, 2.05) is 0 Å². The first-order valence-corrected chi connectivity index (χ1v) is 7.27. The molecule has 2 aromatic rings. The van der Waals surface area contributed by atoms with Crippen LogP contribution in [0.2, 0.25) is 0 Å². The molecule has 0 aliphatic rings. The Morgan fingerprint density at radius 3 is 1.95 bits per heavy atom. The Labute approximate surface area is 123 Å². The highest BCUT2D eigenvalue weighted by atomic mass is 15.1. The monoisotopic (exact) mass is 267 g/mol. The number of rotatable bonds is 4. The van der Waals surface area contributed by atoms with Crippen molar-refractivity contribution in [1.29, 1.82) is 0 Å². The van der Waals surface area contributed by atoms with Gasteiger partial charge in [0.05, 0.1) is 0 Å². The van der Waals surface area contributed by atoms with Crippen LogP contribution < -0.4 is 0 Å². The average molecular weight is 267 g/mol. The van der Waals surface area contributed by atoms with Gasteiger partial charge in [-0.2, -0.15) is 0 Å². The third-order valence-corrected chi connectivity index (χ3v) is 4.05. The van der Waals surface area contributed by atoms with Gasteiger partial charge in [0, 0.05) is 6.04 Å². The summed E-state index contributed by atoms with van der Waals surface area (Å²) in [6.45, 7) is 6.63. The lowest BCUT2D eigenvalue weighted by molar-refractivity contribution is 0.297. The fourth-order valence-corrected chi connectivity index (χ4v) is 3.00. The van der Waals surface area contributed by atoms with Crippen LogP contribution in [-0.4, -0.2) is 19.0 Å². The Morgan fingerprint density at radius 2 is 1.45 bits per heavy atom. The maximum absolute atomic E-state index is 2.31. The molecule has 2 aromatic carbocycles. The predicted octanol–water partition coefficient (Wildman–Crippen LogP) is 4.46. The number of nitrogens with zero attached hydrogens (tertiary/aromatic N) is 1. The zero-order valence-electron chi connectivity index (χ0n) is 13.3. The van der Waals surface area contributed by atoms with Crippen molar-refractivity contribution < 1.29 is 0 Å². The van der Waals surface area contributed by atoms with Crippen LogP contribution in [0.5, 0.6) is 0 Å². The Kier molecular flexibility index (Phi) is 4.61. The van der Waals surface area contributed by atoms with Crippen LogP contribution in [0.15, 0.2) is 42.5 Å². The van der Waals surface area contributed by atoms with Crippen molar-refractivity contribution in [2.45, 2.75) is 33.2 Å². The van der Waals surface area contributed by atoms with E-state index in [2.05, 4.69) is 82.2 Å². The van der Waals surface area contributed by atoms with Gasteiger partial charge in [0.2, 0.25) is 0 Å². The van der Waals surface area contributed by atoms with E-state index < -0.39 is 0 Å². The molecule has 0 fully saturated rings. The molecule has 1 unspecified atom stereocenters. The van der Waals surface area contributed by atoms with E-state index in [1.165, 1.54) is 27.8 Å². The number of benzene rings is 2. The molecule has 0 saturated heterocycles. The largest absolute Gasteiger partial charge is 0.302 e. The normalized spacial score (nSPS) is 12.7. The van der Waals surface area contributed by atoms with Crippen LogP contribution in [0.4, 0.5) is 0 Å². The van der Waals surface area contributed by atoms with Gasteiger partial charge in [0.25, 0.3) is 0 Å². The quantitative estimate of drug-likeness (QED) is 0.790. The molecule has 0 radical (unpaired) electrons. The number of likely N-dealkylation sites (N-methyl/N-ethyl adjacent to an activating group) is 1. The highest BCUT2D eigenvalue weighted by Gasteiger charge is 2.16. The molecule has 1 nitrogen and oxygen atoms in total. The molecule has 0 heterocycles. The van der Waals surface area contributed by atoms with Crippen molar-refractivity contribution in [3.63, 3.8) is 0 Å². The topological polar surface area (TPSA) is 3.24 Å². The SMILES string of the molecule is Cc1cc(C)c(CC(c2ccccc2)N(C)C)c(C)c1. The third kappa shape index (κ3) is 3.29. The summed E-state index contributed by atoms with van der Waals surface area (Å²) >= 11 is 0. The van der Waals surface area contributed by atoms with Gasteiger partial charge in [0.1, 0.15) is 0 Å². The van der Waals surface area contributed by atoms with Crippen molar-refractivity contribution in [3.8, 4) is 0 Å². The molecule has 0 saturated carbocycles. The van der Waals surface area contributed by atoms with Crippen LogP contribution >= 0.6 is 0 Å². The average Bonchev–Trinajstić information content (AvgIpc) is 2.38. The first kappa shape index (κ1) is 14.8. The molecule has 20 heavy (non-hydrogen) atoms. The Morgan fingerprint density at radius 1 is 0.900 bits per heavy atom. The standard InChI is InChI=1S/C19H25N/c1-14-11-15(2)18(16(3)12-14)13-19(20(4)5)17-9-7-6-8-10-17/h6-12,19H,13H2,1-5H3. The molecule has 0 N–H and O–H groups in total. The van der Waals surface area contributed by atoms with Crippen molar-refractivity contribution in [1.82, 2.24) is 4.90 Å². The smallest absolute Gasteiger partial charge is 0.0382 e. The minimum atomic E-state index is 0.427. The molecule has 2 rings (SSSR count). The number of hydrogen-bond donors (Lipinski definition) is 0. The lowest BCUT2D eigenvalue weighted by Gasteiger charge is -2.26. The zero-order valence-corrected chi connectivity index (χ0v) is 13.3. The van der Waals surface area contributed by atoms with E-state index in [9.17, 15) is 0 Å². The van der Waals surface area contributed by atoms with E-state index in [4.69, 9.17) is 0 Å². The molecule has 0 aliphatic carbocycles. The van der Waals surface area contributed by atoms with Gasteiger partial charge in [-0.05, 0) is 63.5 Å². The first-order chi connectivity index (χ1) is 9.49. The molecule has 106 valence electrons. The van der Waals surface area contributed by atoms with E-state index in [0.29, 0.717) is 6.04 Å². The van der Waals surface area contributed by atoms with Gasteiger partial charge in [0.15, 0.2) is 0 Å². The van der Waals surface area contributed by atoms with E-state index in [-0.39, 0.29) is 0 Å². The second kappa shape index (κ2) is 6.23. The maximum atomic E-state index is 2.31. The summed E-state index contributed by atoms with van der Waals surface area (Å²) in [5, 5.41) is 0. The van der Waals surface area contributed by atoms with Gasteiger partial charge in [-0.1, -0.05) is 48.0 Å². The van der Waals surface area contributed by atoms with Crippen LogP contribution in [0.3, 0.4) is 0 Å². The highest BCUT2D eigenvalue weighted by Crippen LogP contribution is 2.27. The maximum Gasteiger partial charge on any atom is 0.0382 e. The predicted molar refractivity (Wildman–Crippen MR) is 87.2 cm³/mol. The molecule has 0 spiro atoms. The lowest BCUT2D eigenvalue weighted by atomic mass is 9.91. The summed E-state index contributed by atoms with van der Waals surface area (Å²) in [5.41, 5.74) is 7.04. The highest BCUT2D eigenvalue weighted by molar-refractivity contribution is 5.39. The molecule has 0 bridgehead atoms. The summed E-state index contributed by atoms with van der Waals surface area (Å²) in [6, 6.07) is 15.8. The summed E-state index contributed by atoms with van der Waals surface area (Å²) in [5.74, 6) is 0. The first-order valence-electron chi connectivity index (χ1n) is 7.27. The summed E-state index contributed by atoms with van der Waals surface area (Å²) in [6.07, 6.45) is 1.06. The van der Waals surface area contributed by atoms with Crippen LogP contribution in [0.25, 0.3) is 0 Å². The van der Waals surface area contributed by atoms with Gasteiger partial charge in [-0.3, -0.25) is 0 Å². The van der Waals surface area contributed by atoms with Crippen molar-refractivity contribution >= 4 is 0 Å². The lowest BCUT2D eigenvalue weighted by Crippen LogP contribution is -2.22. The van der Waals surface area contributed by atoms with Gasteiger partial charge in [-0.25, -0.2) is 0 Å². The van der Waals surface area contributed by atoms with Crippen LogP contribution in [0.1, 0.15) is 33.9 Å². The molecular weight excluding hydrogens is 242 g/mol. The second-order valence-corrected chi connectivity index (χ2v) is 5.97. The minimum absolute atomic E-state index is 0.427. The molecule has 0 amide bonds. The Bertz CT molecular complexity index is 547. The molecule has 0 aromatic heterocycles. The number of aryl methyl sites for hydroxylation is 3. The van der Waals surface area contributed by atoms with Gasteiger partial charge < -0.3 is 4.90 Å². The molecular formula is C19H25N. The van der Waals surface area contributed by atoms with E-state index >= 15 is 0 Å². The van der Waals surface area contributed by atoms with Crippen LogP contribution in [-0.2, 0) is 6.42 Å². The summed E-state index contributed by atoms with van der Waals surface area (Å²) in [4.78, 5) is 2.31. The van der Waals surface area contributed by atoms with Crippen molar-refractivity contribution in [2.24, 2.45) is 0 Å². The summed E-state index contributed by atoms with van der Waals surface area (Å²) < 4.78 is 0. The third-order valence-electron chi connectivity index (χ3n) is 4.05. The Balaban J connectivity index is 2.35. The van der Waals surface area contributed by atoms with Crippen molar-refractivity contribution in [2.75, 3.05) is 14.1 Å². The second-order valence-electron chi connectivity index (χ2n) is 5.97. The summed E-state index contributed by atoms with van der Waals surface area (Å²) in [7, 11) is 4.33.